The topological polar surface area (TPSA) is 52.0 Å². The zero-order valence-corrected chi connectivity index (χ0v) is 21.2. The summed E-state index contributed by atoms with van der Waals surface area (Å²) in [6.07, 6.45) is 3.96. The van der Waals surface area contributed by atoms with Gasteiger partial charge in [0.25, 0.3) is 0 Å². The van der Waals surface area contributed by atoms with E-state index >= 15 is 0 Å². The minimum atomic E-state index is -0.413. The van der Waals surface area contributed by atoms with Gasteiger partial charge in [-0.1, -0.05) is 56.2 Å². The summed E-state index contributed by atoms with van der Waals surface area (Å²) in [5.74, 6) is -0.413. The van der Waals surface area contributed by atoms with Gasteiger partial charge >= 0.3 is 0 Å². The van der Waals surface area contributed by atoms with Gasteiger partial charge in [0.05, 0.1) is 11.1 Å². The lowest BCUT2D eigenvalue weighted by atomic mass is 9.82. The van der Waals surface area contributed by atoms with E-state index in [-0.39, 0.29) is 22.5 Å². The normalized spacial score (nSPS) is 14.9. The predicted octanol–water partition coefficient (Wildman–Crippen LogP) is 6.72. The van der Waals surface area contributed by atoms with Crippen LogP contribution >= 0.6 is 11.6 Å². The van der Waals surface area contributed by atoms with Gasteiger partial charge in [-0.3, -0.25) is 5.01 Å². The number of nitrogens with zero attached hydrogens (tertiary/aromatic N) is 3. The zero-order valence-electron chi connectivity index (χ0n) is 20.5. The van der Waals surface area contributed by atoms with Crippen molar-refractivity contribution in [3.63, 3.8) is 0 Å². The molecule has 0 aliphatic heterocycles. The molecule has 0 amide bonds. The van der Waals surface area contributed by atoms with E-state index in [4.69, 9.17) is 11.6 Å². The van der Waals surface area contributed by atoms with Crippen molar-refractivity contribution >= 4 is 17.3 Å². The molecule has 1 rings (SSSR count). The van der Waals surface area contributed by atoms with E-state index < -0.39 is 5.82 Å². The smallest absolute Gasteiger partial charge is 0.141 e. The predicted molar refractivity (Wildman–Crippen MR) is 131 cm³/mol. The van der Waals surface area contributed by atoms with Crippen LogP contribution in [-0.2, 0) is 0 Å². The van der Waals surface area contributed by atoms with E-state index in [1.807, 2.05) is 19.0 Å². The highest BCUT2D eigenvalue weighted by Crippen LogP contribution is 2.27. The summed E-state index contributed by atoms with van der Waals surface area (Å²) < 4.78 is 13.4. The molecule has 0 aliphatic carbocycles. The number of halogens is 2. The second-order valence-corrected chi connectivity index (χ2v) is 9.66. The SMILES string of the molecule is C/C=C(\C)C(CCN(C)N=N[C@H](C)C(C)(C)CCNC(C)C)Nc1ccc(F)c(Cl)c1. The Bertz CT molecular complexity index is 733. The fourth-order valence-corrected chi connectivity index (χ4v) is 3.16. The Labute approximate surface area is 193 Å². The van der Waals surface area contributed by atoms with Crippen LogP contribution in [0.3, 0.4) is 0 Å². The van der Waals surface area contributed by atoms with Gasteiger partial charge in [0.2, 0.25) is 0 Å². The molecule has 0 heterocycles. The first-order chi connectivity index (χ1) is 14.5. The van der Waals surface area contributed by atoms with Crippen molar-refractivity contribution in [1.29, 1.82) is 0 Å². The molecule has 2 atom stereocenters. The van der Waals surface area contributed by atoms with Gasteiger partial charge in [0, 0.05) is 31.4 Å². The van der Waals surface area contributed by atoms with Crippen LogP contribution in [0.2, 0.25) is 5.02 Å². The maximum Gasteiger partial charge on any atom is 0.141 e. The standard InChI is InChI=1S/C24H41ClFN5/c1-9-18(4)23(28-20-10-11-22(26)21(25)16-20)12-15-31(8)30-29-19(5)24(6,7)13-14-27-17(2)3/h9-11,16-17,19,23,27-28H,12-15H2,1-8H3/b18-9+,30-29?/t19-,23?/m1/s1. The Hall–Kier alpha value is -1.66. The van der Waals surface area contributed by atoms with Gasteiger partial charge in [0.15, 0.2) is 0 Å². The van der Waals surface area contributed by atoms with Crippen LogP contribution in [-0.4, -0.2) is 43.3 Å². The molecule has 0 radical (unpaired) electrons. The van der Waals surface area contributed by atoms with Gasteiger partial charge in [-0.25, -0.2) is 4.39 Å². The van der Waals surface area contributed by atoms with Crippen LogP contribution in [0.4, 0.5) is 10.1 Å². The largest absolute Gasteiger partial charge is 0.378 e. The van der Waals surface area contributed by atoms with Crippen molar-refractivity contribution in [3.05, 3.63) is 40.7 Å². The number of allylic oxidation sites excluding steroid dienone is 1. The summed E-state index contributed by atoms with van der Waals surface area (Å²) in [6, 6.07) is 5.42. The molecule has 31 heavy (non-hydrogen) atoms. The van der Waals surface area contributed by atoms with E-state index in [0.29, 0.717) is 6.04 Å². The summed E-state index contributed by atoms with van der Waals surface area (Å²) in [4.78, 5) is 0. The average molecular weight is 454 g/mol. The van der Waals surface area contributed by atoms with Crippen LogP contribution in [0, 0.1) is 11.2 Å². The maximum atomic E-state index is 13.4. The number of benzene rings is 1. The number of rotatable bonds is 13. The third kappa shape index (κ3) is 10.0. The monoisotopic (exact) mass is 453 g/mol. The van der Waals surface area contributed by atoms with E-state index in [1.165, 1.54) is 11.6 Å². The van der Waals surface area contributed by atoms with Gasteiger partial charge in [-0.05, 0) is 63.8 Å². The van der Waals surface area contributed by atoms with Crippen LogP contribution in [0.5, 0.6) is 0 Å². The molecular formula is C24H41ClFN5. The Morgan fingerprint density at radius 3 is 2.55 bits per heavy atom. The second kappa shape index (κ2) is 13.0. The summed E-state index contributed by atoms with van der Waals surface area (Å²) in [7, 11) is 1.94. The van der Waals surface area contributed by atoms with Crippen LogP contribution in [0.1, 0.15) is 61.3 Å². The highest BCUT2D eigenvalue weighted by Gasteiger charge is 2.25. The van der Waals surface area contributed by atoms with Crippen molar-refractivity contribution in [2.75, 3.05) is 25.5 Å². The highest BCUT2D eigenvalue weighted by molar-refractivity contribution is 6.31. The molecular weight excluding hydrogens is 413 g/mol. The molecule has 1 unspecified atom stereocenters. The fourth-order valence-electron chi connectivity index (χ4n) is 2.98. The van der Waals surface area contributed by atoms with Gasteiger partial charge < -0.3 is 10.6 Å². The maximum absolute atomic E-state index is 13.4. The third-order valence-corrected chi connectivity index (χ3v) is 6.13. The molecule has 1 aromatic rings. The van der Waals surface area contributed by atoms with Gasteiger partial charge in [-0.15, -0.1) is 0 Å². The molecule has 0 aromatic heterocycles. The Balaban J connectivity index is 2.64. The molecule has 0 aliphatic rings. The first kappa shape index (κ1) is 27.4. The van der Waals surface area contributed by atoms with Gasteiger partial charge in [-0.2, -0.15) is 5.11 Å². The Kier molecular flexibility index (Phi) is 11.5. The van der Waals surface area contributed by atoms with Crippen molar-refractivity contribution in [1.82, 2.24) is 10.3 Å². The van der Waals surface area contributed by atoms with Gasteiger partial charge in [0.1, 0.15) is 5.82 Å². The molecule has 0 fully saturated rings. The molecule has 7 heteroatoms. The molecule has 0 bridgehead atoms. The van der Waals surface area contributed by atoms with Crippen LogP contribution < -0.4 is 10.6 Å². The van der Waals surface area contributed by atoms with Crippen molar-refractivity contribution in [2.24, 2.45) is 15.8 Å². The molecule has 2 N–H and O–H groups in total. The fraction of sp³-hybridized carbons (Fsp3) is 0.667. The average Bonchev–Trinajstić information content (AvgIpc) is 2.70. The summed E-state index contributed by atoms with van der Waals surface area (Å²) in [5, 5.41) is 17.9. The van der Waals surface area contributed by atoms with Crippen molar-refractivity contribution in [2.45, 2.75) is 79.4 Å². The molecule has 0 saturated carbocycles. The lowest BCUT2D eigenvalue weighted by Crippen LogP contribution is -2.32. The molecule has 1 aromatic carbocycles. The number of anilines is 1. The number of hydrogen-bond acceptors (Lipinski definition) is 4. The first-order valence-corrected chi connectivity index (χ1v) is 11.5. The molecule has 0 spiro atoms. The lowest BCUT2D eigenvalue weighted by molar-refractivity contribution is 0.239. The molecule has 0 saturated heterocycles. The van der Waals surface area contributed by atoms with E-state index in [2.05, 4.69) is 68.6 Å². The zero-order chi connectivity index (χ0) is 23.6. The summed E-state index contributed by atoms with van der Waals surface area (Å²) >= 11 is 5.92. The van der Waals surface area contributed by atoms with E-state index in [1.54, 1.807) is 12.1 Å². The van der Waals surface area contributed by atoms with Crippen LogP contribution in [0.25, 0.3) is 0 Å². The minimum absolute atomic E-state index is 0.0692. The number of hydrogen-bond donors (Lipinski definition) is 2. The summed E-state index contributed by atoms with van der Waals surface area (Å²) in [5.41, 5.74) is 2.07. The first-order valence-electron chi connectivity index (χ1n) is 11.2. The lowest BCUT2D eigenvalue weighted by Gasteiger charge is -2.29. The minimum Gasteiger partial charge on any atom is -0.378 e. The van der Waals surface area contributed by atoms with Crippen molar-refractivity contribution < 1.29 is 4.39 Å². The van der Waals surface area contributed by atoms with Crippen molar-refractivity contribution in [3.8, 4) is 0 Å². The molecule has 5 nitrogen and oxygen atoms in total. The quantitative estimate of drug-likeness (QED) is 0.198. The second-order valence-electron chi connectivity index (χ2n) is 9.26. The third-order valence-electron chi connectivity index (χ3n) is 5.84. The molecule has 176 valence electrons. The van der Waals surface area contributed by atoms with E-state index in [9.17, 15) is 4.39 Å². The number of nitrogens with one attached hydrogen (secondary N) is 2. The summed E-state index contributed by atoms with van der Waals surface area (Å²) in [6.45, 7) is 16.7. The Morgan fingerprint density at radius 1 is 1.29 bits per heavy atom. The van der Waals surface area contributed by atoms with Crippen LogP contribution in [0.15, 0.2) is 40.2 Å². The Morgan fingerprint density at radius 2 is 1.97 bits per heavy atom. The van der Waals surface area contributed by atoms with E-state index in [0.717, 1.165) is 31.6 Å². The highest BCUT2D eigenvalue weighted by atomic mass is 35.5.